The highest BCUT2D eigenvalue weighted by Crippen LogP contribution is 2.43. The van der Waals surface area contributed by atoms with E-state index >= 15 is 0 Å². The monoisotopic (exact) mass is 271 g/mol. The quantitative estimate of drug-likeness (QED) is 0.727. The molecule has 1 heterocycles. The van der Waals surface area contributed by atoms with Gasteiger partial charge in [-0.05, 0) is 51.5 Å². The Morgan fingerprint density at radius 3 is 2.56 bits per heavy atom. The molecule has 2 saturated carbocycles. The molecule has 104 valence electrons. The summed E-state index contributed by atoms with van der Waals surface area (Å²) < 4.78 is 6.37. The zero-order valence-electron chi connectivity index (χ0n) is 11.5. The number of alkyl halides is 1. The molecule has 2 aliphatic carbocycles. The summed E-state index contributed by atoms with van der Waals surface area (Å²) in [6, 6.07) is 0. The van der Waals surface area contributed by atoms with Crippen molar-refractivity contribution in [1.29, 1.82) is 0 Å². The van der Waals surface area contributed by atoms with Crippen molar-refractivity contribution in [3.63, 3.8) is 0 Å². The van der Waals surface area contributed by atoms with Crippen LogP contribution in [0.1, 0.15) is 51.4 Å². The van der Waals surface area contributed by atoms with Crippen LogP contribution in [0.15, 0.2) is 0 Å². The van der Waals surface area contributed by atoms with Gasteiger partial charge in [-0.15, -0.1) is 11.6 Å². The minimum absolute atomic E-state index is 0.295. The molecule has 1 aliphatic heterocycles. The number of likely N-dealkylation sites (N-methyl/N-ethyl adjacent to an activating group) is 1. The molecule has 1 saturated heterocycles. The summed E-state index contributed by atoms with van der Waals surface area (Å²) in [6.07, 6.45) is 10.9. The topological polar surface area (TPSA) is 12.5 Å². The van der Waals surface area contributed by atoms with Gasteiger partial charge in [0.05, 0.1) is 11.7 Å². The molecule has 1 spiro atoms. The molecule has 0 bridgehead atoms. The molecule has 1 unspecified atom stereocenters. The first-order chi connectivity index (χ1) is 8.65. The van der Waals surface area contributed by atoms with Crippen LogP contribution in [0.5, 0.6) is 0 Å². The van der Waals surface area contributed by atoms with Crippen molar-refractivity contribution in [2.45, 2.75) is 68.4 Å². The largest absolute Gasteiger partial charge is 0.370 e. The number of hydrogen-bond donors (Lipinski definition) is 0. The molecular formula is C15H26ClNO. The minimum atomic E-state index is 0.295. The number of halogens is 1. The molecule has 3 rings (SSSR count). The van der Waals surface area contributed by atoms with Crippen molar-refractivity contribution < 1.29 is 4.74 Å². The van der Waals surface area contributed by atoms with Crippen molar-refractivity contribution in [3.05, 3.63) is 0 Å². The molecular weight excluding hydrogens is 246 g/mol. The van der Waals surface area contributed by atoms with Crippen LogP contribution in [0.3, 0.4) is 0 Å². The average molecular weight is 272 g/mol. The zero-order valence-corrected chi connectivity index (χ0v) is 12.3. The van der Waals surface area contributed by atoms with E-state index in [1.165, 1.54) is 57.9 Å². The van der Waals surface area contributed by atoms with Crippen molar-refractivity contribution >= 4 is 11.6 Å². The Balaban J connectivity index is 1.40. The fourth-order valence-electron chi connectivity index (χ4n) is 4.08. The van der Waals surface area contributed by atoms with Gasteiger partial charge in [-0.3, -0.25) is 0 Å². The summed E-state index contributed by atoms with van der Waals surface area (Å²) in [4.78, 5) is 2.46. The maximum absolute atomic E-state index is 6.37. The molecule has 0 N–H and O–H groups in total. The highest BCUT2D eigenvalue weighted by Gasteiger charge is 2.42. The van der Waals surface area contributed by atoms with E-state index in [-0.39, 0.29) is 0 Å². The highest BCUT2D eigenvalue weighted by molar-refractivity contribution is 6.21. The van der Waals surface area contributed by atoms with Gasteiger partial charge >= 0.3 is 0 Å². The lowest BCUT2D eigenvalue weighted by Crippen LogP contribution is -2.39. The van der Waals surface area contributed by atoms with Gasteiger partial charge in [0.2, 0.25) is 0 Å². The standard InChI is InChI=1S/C15H26ClNO/c1-17(10-12-8-13(16)9-12)11-14-4-7-15(18-14)5-2-3-6-15/h12-14H,2-11H2,1H3. The van der Waals surface area contributed by atoms with Gasteiger partial charge in [0.25, 0.3) is 0 Å². The van der Waals surface area contributed by atoms with E-state index in [9.17, 15) is 0 Å². The maximum atomic E-state index is 6.37. The fraction of sp³-hybridized carbons (Fsp3) is 1.00. The molecule has 2 nitrogen and oxygen atoms in total. The first-order valence-corrected chi connectivity index (χ1v) is 8.09. The lowest BCUT2D eigenvalue weighted by Gasteiger charge is -2.35. The van der Waals surface area contributed by atoms with E-state index in [1.54, 1.807) is 0 Å². The molecule has 1 atom stereocenters. The molecule has 3 heteroatoms. The Hall–Kier alpha value is 0.210. The van der Waals surface area contributed by atoms with Crippen LogP contribution in [-0.4, -0.2) is 42.1 Å². The predicted molar refractivity (Wildman–Crippen MR) is 75.2 cm³/mol. The SMILES string of the molecule is CN(CC1CC(Cl)C1)CC1CCC2(CCCC2)O1. The Bertz CT molecular complexity index is 284. The second-order valence-corrected chi connectivity index (χ2v) is 7.44. The smallest absolute Gasteiger partial charge is 0.0710 e. The van der Waals surface area contributed by atoms with Crippen LogP contribution < -0.4 is 0 Å². The lowest BCUT2D eigenvalue weighted by molar-refractivity contribution is -0.0467. The Kier molecular flexibility index (Phi) is 3.89. The van der Waals surface area contributed by atoms with E-state index in [0.717, 1.165) is 12.5 Å². The van der Waals surface area contributed by atoms with Gasteiger partial charge in [0.1, 0.15) is 0 Å². The third-order valence-corrected chi connectivity index (χ3v) is 5.47. The summed E-state index contributed by atoms with van der Waals surface area (Å²) in [5, 5.41) is 0.452. The number of ether oxygens (including phenoxy) is 1. The first-order valence-electron chi connectivity index (χ1n) is 7.66. The fourth-order valence-corrected chi connectivity index (χ4v) is 4.58. The van der Waals surface area contributed by atoms with Crippen molar-refractivity contribution in [3.8, 4) is 0 Å². The van der Waals surface area contributed by atoms with E-state index in [0.29, 0.717) is 17.1 Å². The first kappa shape index (κ1) is 13.2. The maximum Gasteiger partial charge on any atom is 0.0710 e. The van der Waals surface area contributed by atoms with Gasteiger partial charge in [0, 0.05) is 18.5 Å². The minimum Gasteiger partial charge on any atom is -0.370 e. The predicted octanol–water partition coefficient (Wildman–Crippen LogP) is 3.43. The Morgan fingerprint density at radius 2 is 1.89 bits per heavy atom. The normalized spacial score (nSPS) is 38.5. The number of hydrogen-bond acceptors (Lipinski definition) is 2. The van der Waals surface area contributed by atoms with E-state index in [4.69, 9.17) is 16.3 Å². The molecule has 0 amide bonds. The Morgan fingerprint density at radius 1 is 1.17 bits per heavy atom. The van der Waals surface area contributed by atoms with Crippen LogP contribution in [0.2, 0.25) is 0 Å². The number of rotatable bonds is 4. The van der Waals surface area contributed by atoms with Crippen LogP contribution in [0.4, 0.5) is 0 Å². The number of nitrogens with zero attached hydrogens (tertiary/aromatic N) is 1. The molecule has 0 aromatic rings. The third kappa shape index (κ3) is 2.86. The molecule has 0 aromatic heterocycles. The molecule has 3 aliphatic rings. The van der Waals surface area contributed by atoms with Crippen molar-refractivity contribution in [1.82, 2.24) is 4.90 Å². The van der Waals surface area contributed by atoms with Gasteiger partial charge < -0.3 is 9.64 Å². The van der Waals surface area contributed by atoms with Gasteiger partial charge in [0.15, 0.2) is 0 Å². The molecule has 3 fully saturated rings. The van der Waals surface area contributed by atoms with Crippen LogP contribution in [-0.2, 0) is 4.74 Å². The summed E-state index contributed by atoms with van der Waals surface area (Å²) >= 11 is 6.04. The molecule has 18 heavy (non-hydrogen) atoms. The second kappa shape index (κ2) is 5.30. The molecule has 0 radical (unpaired) electrons. The van der Waals surface area contributed by atoms with Gasteiger partial charge in [-0.2, -0.15) is 0 Å². The highest BCUT2D eigenvalue weighted by atomic mass is 35.5. The van der Waals surface area contributed by atoms with Crippen LogP contribution in [0, 0.1) is 5.92 Å². The van der Waals surface area contributed by atoms with E-state index in [1.807, 2.05) is 0 Å². The van der Waals surface area contributed by atoms with E-state index in [2.05, 4.69) is 11.9 Å². The lowest BCUT2D eigenvalue weighted by atomic mass is 9.84. The van der Waals surface area contributed by atoms with Crippen molar-refractivity contribution in [2.24, 2.45) is 5.92 Å². The van der Waals surface area contributed by atoms with Gasteiger partial charge in [-0.1, -0.05) is 12.8 Å². The average Bonchev–Trinajstić information content (AvgIpc) is 2.88. The van der Waals surface area contributed by atoms with Crippen LogP contribution >= 0.6 is 11.6 Å². The Labute approximate surface area is 116 Å². The van der Waals surface area contributed by atoms with Crippen LogP contribution in [0.25, 0.3) is 0 Å². The molecule has 0 aromatic carbocycles. The third-order valence-electron chi connectivity index (χ3n) is 5.12. The summed E-state index contributed by atoms with van der Waals surface area (Å²) in [5.74, 6) is 0.833. The second-order valence-electron chi connectivity index (χ2n) is 6.82. The zero-order chi connectivity index (χ0) is 12.6. The summed E-state index contributed by atoms with van der Waals surface area (Å²) in [6.45, 7) is 2.32. The van der Waals surface area contributed by atoms with E-state index < -0.39 is 0 Å². The van der Waals surface area contributed by atoms with Gasteiger partial charge in [-0.25, -0.2) is 0 Å². The summed E-state index contributed by atoms with van der Waals surface area (Å²) in [7, 11) is 2.24. The van der Waals surface area contributed by atoms with Crippen molar-refractivity contribution in [2.75, 3.05) is 20.1 Å². The summed E-state index contributed by atoms with van der Waals surface area (Å²) in [5.41, 5.74) is 0.295.